The van der Waals surface area contributed by atoms with E-state index in [1.54, 1.807) is 6.92 Å². The lowest BCUT2D eigenvalue weighted by Crippen LogP contribution is -2.48. The number of aryl methyl sites for hydroxylation is 1. The van der Waals surface area contributed by atoms with Crippen molar-refractivity contribution < 1.29 is 9.59 Å². The normalized spacial score (nSPS) is 25.1. The molecule has 3 N–H and O–H groups in total. The third-order valence-electron chi connectivity index (χ3n) is 6.50. The van der Waals surface area contributed by atoms with Gasteiger partial charge in [0.25, 0.3) is 5.91 Å². The van der Waals surface area contributed by atoms with Gasteiger partial charge in [-0.1, -0.05) is 13.0 Å². The van der Waals surface area contributed by atoms with Gasteiger partial charge >= 0.3 is 0 Å². The SMILES string of the molecule is CC(=O)N1c2ccc(C(=O)NC3CCNC3)cc2C(Nc2cccc(C)n2)C(C)C1C. The van der Waals surface area contributed by atoms with Crippen molar-refractivity contribution in [1.29, 1.82) is 0 Å². The van der Waals surface area contributed by atoms with E-state index in [1.165, 1.54) is 0 Å². The number of carbonyl (C=O) groups is 2. The van der Waals surface area contributed by atoms with Crippen LogP contribution in [0.2, 0.25) is 0 Å². The van der Waals surface area contributed by atoms with Gasteiger partial charge in [0, 0.05) is 48.4 Å². The van der Waals surface area contributed by atoms with Gasteiger partial charge < -0.3 is 20.9 Å². The zero-order valence-corrected chi connectivity index (χ0v) is 18.6. The summed E-state index contributed by atoms with van der Waals surface area (Å²) in [4.78, 5) is 31.8. The molecule has 0 spiro atoms. The molecule has 2 aliphatic rings. The molecule has 3 heterocycles. The summed E-state index contributed by atoms with van der Waals surface area (Å²) in [6.45, 7) is 9.48. The molecule has 0 radical (unpaired) electrons. The molecule has 0 bridgehead atoms. The zero-order valence-electron chi connectivity index (χ0n) is 18.6. The van der Waals surface area contributed by atoms with E-state index in [0.717, 1.165) is 42.3 Å². The van der Waals surface area contributed by atoms with Crippen LogP contribution < -0.4 is 20.9 Å². The van der Waals surface area contributed by atoms with Crippen molar-refractivity contribution in [3.05, 3.63) is 53.2 Å². The Kier molecular flexibility index (Phi) is 5.96. The van der Waals surface area contributed by atoms with Crippen LogP contribution in [0.3, 0.4) is 0 Å². The maximum Gasteiger partial charge on any atom is 0.251 e. The predicted octanol–water partition coefficient (Wildman–Crippen LogP) is 3.03. The van der Waals surface area contributed by atoms with Crippen LogP contribution in [0.1, 0.15) is 54.8 Å². The summed E-state index contributed by atoms with van der Waals surface area (Å²) in [6, 6.07) is 11.6. The van der Waals surface area contributed by atoms with E-state index in [4.69, 9.17) is 0 Å². The molecule has 0 aliphatic carbocycles. The first-order chi connectivity index (χ1) is 14.8. The van der Waals surface area contributed by atoms with Gasteiger partial charge in [0.15, 0.2) is 0 Å². The number of hydrogen-bond donors (Lipinski definition) is 3. The molecule has 7 nitrogen and oxygen atoms in total. The topological polar surface area (TPSA) is 86.4 Å². The van der Waals surface area contributed by atoms with Gasteiger partial charge in [-0.15, -0.1) is 0 Å². The van der Waals surface area contributed by atoms with E-state index >= 15 is 0 Å². The van der Waals surface area contributed by atoms with Crippen molar-refractivity contribution in [2.45, 2.75) is 52.2 Å². The number of pyridine rings is 1. The van der Waals surface area contributed by atoms with Crippen LogP contribution in [0, 0.1) is 12.8 Å². The Hall–Kier alpha value is -2.93. The number of aromatic nitrogens is 1. The fraction of sp³-hybridized carbons (Fsp3) is 0.458. The van der Waals surface area contributed by atoms with E-state index in [1.807, 2.05) is 48.2 Å². The lowest BCUT2D eigenvalue weighted by atomic mass is 9.82. The highest BCUT2D eigenvalue weighted by atomic mass is 16.2. The van der Waals surface area contributed by atoms with Crippen LogP contribution in [0.5, 0.6) is 0 Å². The Balaban J connectivity index is 1.71. The third kappa shape index (κ3) is 4.28. The molecule has 31 heavy (non-hydrogen) atoms. The minimum absolute atomic E-state index is 0.00182. The number of benzene rings is 1. The molecule has 164 valence electrons. The minimum Gasteiger partial charge on any atom is -0.363 e. The van der Waals surface area contributed by atoms with Crippen molar-refractivity contribution in [3.8, 4) is 0 Å². The molecular formula is C24H31N5O2. The Morgan fingerprint density at radius 1 is 1.19 bits per heavy atom. The summed E-state index contributed by atoms with van der Waals surface area (Å²) >= 11 is 0. The van der Waals surface area contributed by atoms with Crippen molar-refractivity contribution >= 4 is 23.3 Å². The van der Waals surface area contributed by atoms with Crippen LogP contribution in [0.15, 0.2) is 36.4 Å². The first kappa shape index (κ1) is 21.3. The van der Waals surface area contributed by atoms with Crippen LogP contribution in [0.4, 0.5) is 11.5 Å². The number of fused-ring (bicyclic) bond motifs is 1. The number of hydrogen-bond acceptors (Lipinski definition) is 5. The molecule has 1 fully saturated rings. The summed E-state index contributed by atoms with van der Waals surface area (Å²) in [5.41, 5.74) is 3.34. The molecular weight excluding hydrogens is 390 g/mol. The Labute approximate surface area is 183 Å². The molecule has 2 aliphatic heterocycles. The monoisotopic (exact) mass is 421 g/mol. The summed E-state index contributed by atoms with van der Waals surface area (Å²) in [7, 11) is 0. The van der Waals surface area contributed by atoms with Crippen LogP contribution in [-0.2, 0) is 4.79 Å². The Morgan fingerprint density at radius 2 is 2.00 bits per heavy atom. The summed E-state index contributed by atoms with van der Waals surface area (Å²) in [6.07, 6.45) is 0.937. The van der Waals surface area contributed by atoms with Gasteiger partial charge in [0.05, 0.1) is 6.04 Å². The van der Waals surface area contributed by atoms with Gasteiger partial charge in [0.2, 0.25) is 5.91 Å². The molecule has 4 unspecified atom stereocenters. The molecule has 1 aromatic carbocycles. The van der Waals surface area contributed by atoms with Crippen molar-refractivity contribution in [2.24, 2.45) is 5.92 Å². The molecule has 1 saturated heterocycles. The first-order valence-electron chi connectivity index (χ1n) is 11.0. The number of nitrogens with zero attached hydrogens (tertiary/aromatic N) is 2. The average Bonchev–Trinajstić information content (AvgIpc) is 3.24. The lowest BCUT2D eigenvalue weighted by molar-refractivity contribution is -0.117. The minimum atomic E-state index is -0.0791. The molecule has 2 amide bonds. The fourth-order valence-corrected chi connectivity index (χ4v) is 4.68. The fourth-order valence-electron chi connectivity index (χ4n) is 4.68. The second-order valence-electron chi connectivity index (χ2n) is 8.71. The van der Waals surface area contributed by atoms with E-state index in [9.17, 15) is 9.59 Å². The highest BCUT2D eigenvalue weighted by Gasteiger charge is 2.38. The molecule has 0 saturated carbocycles. The molecule has 4 atom stereocenters. The quantitative estimate of drug-likeness (QED) is 0.707. The maximum absolute atomic E-state index is 12.9. The van der Waals surface area contributed by atoms with E-state index in [0.29, 0.717) is 5.56 Å². The predicted molar refractivity (Wildman–Crippen MR) is 122 cm³/mol. The third-order valence-corrected chi connectivity index (χ3v) is 6.50. The molecule has 4 rings (SSSR count). The number of carbonyl (C=O) groups excluding carboxylic acids is 2. The zero-order chi connectivity index (χ0) is 22.1. The van der Waals surface area contributed by atoms with Crippen molar-refractivity contribution in [2.75, 3.05) is 23.3 Å². The van der Waals surface area contributed by atoms with E-state index < -0.39 is 0 Å². The largest absolute Gasteiger partial charge is 0.363 e. The highest BCUT2D eigenvalue weighted by Crippen LogP contribution is 2.42. The van der Waals surface area contributed by atoms with Gasteiger partial charge in [-0.2, -0.15) is 0 Å². The lowest BCUT2D eigenvalue weighted by Gasteiger charge is -2.44. The molecule has 2 aromatic rings. The summed E-state index contributed by atoms with van der Waals surface area (Å²) < 4.78 is 0. The highest BCUT2D eigenvalue weighted by molar-refractivity contribution is 5.98. The Morgan fingerprint density at radius 3 is 2.68 bits per heavy atom. The second-order valence-corrected chi connectivity index (χ2v) is 8.71. The van der Waals surface area contributed by atoms with Crippen LogP contribution in [-0.4, -0.2) is 42.0 Å². The number of nitrogens with one attached hydrogen (secondary N) is 3. The number of rotatable bonds is 4. The van der Waals surface area contributed by atoms with Crippen LogP contribution >= 0.6 is 0 Å². The number of amides is 2. The van der Waals surface area contributed by atoms with Crippen LogP contribution in [0.25, 0.3) is 0 Å². The summed E-state index contributed by atoms with van der Waals surface area (Å²) in [5, 5.41) is 9.95. The van der Waals surface area contributed by atoms with Gasteiger partial charge in [-0.25, -0.2) is 4.98 Å². The Bertz CT molecular complexity index is 986. The van der Waals surface area contributed by atoms with Gasteiger partial charge in [-0.05, 0) is 62.7 Å². The van der Waals surface area contributed by atoms with Crippen molar-refractivity contribution in [3.63, 3.8) is 0 Å². The smallest absolute Gasteiger partial charge is 0.251 e. The maximum atomic E-state index is 12.9. The molecule has 7 heteroatoms. The number of anilines is 2. The van der Waals surface area contributed by atoms with E-state index in [2.05, 4.69) is 34.8 Å². The summed E-state index contributed by atoms with van der Waals surface area (Å²) in [5.74, 6) is 0.834. The first-order valence-corrected chi connectivity index (χ1v) is 11.0. The molecule has 1 aromatic heterocycles. The standard InChI is InChI=1S/C24H31N5O2/c1-14-6-5-7-22(26-14)28-23-15(2)16(3)29(17(4)30)21-9-8-18(12-20(21)23)24(31)27-19-10-11-25-13-19/h5-9,12,15-16,19,23,25H,10-11,13H2,1-4H3,(H,26,28)(H,27,31). The van der Waals surface area contributed by atoms with Gasteiger partial charge in [-0.3, -0.25) is 9.59 Å². The van der Waals surface area contributed by atoms with Gasteiger partial charge in [0.1, 0.15) is 5.82 Å². The second kappa shape index (κ2) is 8.67. The van der Waals surface area contributed by atoms with E-state index in [-0.39, 0.29) is 35.9 Å². The van der Waals surface area contributed by atoms with Crippen molar-refractivity contribution in [1.82, 2.24) is 15.6 Å². The average molecular weight is 422 g/mol.